The number of nitrogens with zero attached hydrogens (tertiary/aromatic N) is 2. The first-order chi connectivity index (χ1) is 9.86. The van der Waals surface area contributed by atoms with Crippen molar-refractivity contribution in [1.29, 1.82) is 0 Å². The van der Waals surface area contributed by atoms with E-state index in [0.717, 1.165) is 34.6 Å². The number of nitrogens with one attached hydrogen (secondary N) is 1. The minimum Gasteiger partial charge on any atom is -0.429 e. The van der Waals surface area contributed by atoms with Crippen LogP contribution in [-0.4, -0.2) is 16.7 Å². The maximum atomic E-state index is 5.87. The molecule has 0 amide bonds. The summed E-state index contributed by atoms with van der Waals surface area (Å²) in [5, 5.41) is 15.2. The quantitative estimate of drug-likeness (QED) is 0.778. The van der Waals surface area contributed by atoms with Crippen molar-refractivity contribution in [2.75, 3.05) is 6.54 Å². The van der Waals surface area contributed by atoms with Gasteiger partial charge in [-0.15, -0.1) is 5.10 Å². The second-order valence-corrected chi connectivity index (χ2v) is 5.35. The lowest BCUT2D eigenvalue weighted by molar-refractivity contribution is 0.478. The molecular formula is C15H15N3OS. The molecule has 4 nitrogen and oxygen atoms in total. The van der Waals surface area contributed by atoms with Gasteiger partial charge in [0, 0.05) is 11.9 Å². The van der Waals surface area contributed by atoms with Crippen LogP contribution in [0.5, 0.6) is 10.9 Å². The SMILES string of the molecule is CCNCc1nnc(Oc2cccc3ccccc23)s1. The molecule has 0 atom stereocenters. The first-order valence-corrected chi connectivity index (χ1v) is 7.37. The average molecular weight is 285 g/mol. The average Bonchev–Trinajstić information content (AvgIpc) is 2.93. The summed E-state index contributed by atoms with van der Waals surface area (Å²) in [5.41, 5.74) is 0. The van der Waals surface area contributed by atoms with E-state index in [4.69, 9.17) is 4.74 Å². The van der Waals surface area contributed by atoms with Gasteiger partial charge in [0.05, 0.1) is 0 Å². The summed E-state index contributed by atoms with van der Waals surface area (Å²) >= 11 is 1.47. The van der Waals surface area contributed by atoms with E-state index in [1.54, 1.807) is 0 Å². The highest BCUT2D eigenvalue weighted by Crippen LogP contribution is 2.31. The van der Waals surface area contributed by atoms with Gasteiger partial charge < -0.3 is 10.1 Å². The zero-order chi connectivity index (χ0) is 13.8. The Balaban J connectivity index is 1.84. The van der Waals surface area contributed by atoms with E-state index >= 15 is 0 Å². The molecule has 102 valence electrons. The molecule has 1 heterocycles. The van der Waals surface area contributed by atoms with Crippen LogP contribution in [0.4, 0.5) is 0 Å². The fraction of sp³-hybridized carbons (Fsp3) is 0.200. The molecule has 0 spiro atoms. The number of benzene rings is 2. The molecule has 2 aromatic carbocycles. The molecule has 20 heavy (non-hydrogen) atoms. The van der Waals surface area contributed by atoms with Crippen LogP contribution >= 0.6 is 11.3 Å². The predicted molar refractivity (Wildman–Crippen MR) is 81.3 cm³/mol. The summed E-state index contributed by atoms with van der Waals surface area (Å²) in [4.78, 5) is 0. The Hall–Kier alpha value is -1.98. The van der Waals surface area contributed by atoms with Crippen LogP contribution in [0.25, 0.3) is 10.8 Å². The lowest BCUT2D eigenvalue weighted by Crippen LogP contribution is -2.11. The first-order valence-electron chi connectivity index (χ1n) is 6.55. The summed E-state index contributed by atoms with van der Waals surface area (Å²) in [6, 6.07) is 14.1. The molecule has 5 heteroatoms. The molecule has 1 N–H and O–H groups in total. The van der Waals surface area contributed by atoms with Crippen LogP contribution in [0, 0.1) is 0 Å². The first kappa shape index (κ1) is 13.0. The standard InChI is InChI=1S/C15H15N3OS/c1-2-16-10-14-17-18-15(20-14)19-13-9-5-7-11-6-3-4-8-12(11)13/h3-9,16H,2,10H2,1H3. The summed E-state index contributed by atoms with van der Waals surface area (Å²) in [6.45, 7) is 3.71. The lowest BCUT2D eigenvalue weighted by Gasteiger charge is -2.05. The molecule has 0 aliphatic heterocycles. The zero-order valence-corrected chi connectivity index (χ0v) is 12.0. The van der Waals surface area contributed by atoms with E-state index in [0.29, 0.717) is 5.19 Å². The lowest BCUT2D eigenvalue weighted by atomic mass is 10.1. The normalized spacial score (nSPS) is 10.8. The third-order valence-corrected chi connectivity index (χ3v) is 3.72. The van der Waals surface area contributed by atoms with Crippen LogP contribution in [0.3, 0.4) is 0 Å². The molecule has 0 radical (unpaired) electrons. The molecule has 0 fully saturated rings. The minimum absolute atomic E-state index is 0.578. The minimum atomic E-state index is 0.578. The fourth-order valence-electron chi connectivity index (χ4n) is 1.96. The van der Waals surface area contributed by atoms with Crippen LogP contribution in [0.1, 0.15) is 11.9 Å². The summed E-state index contributed by atoms with van der Waals surface area (Å²) in [6.07, 6.45) is 0. The zero-order valence-electron chi connectivity index (χ0n) is 11.2. The van der Waals surface area contributed by atoms with Crippen molar-refractivity contribution in [3.05, 3.63) is 47.5 Å². The van der Waals surface area contributed by atoms with Crippen molar-refractivity contribution in [3.8, 4) is 10.9 Å². The summed E-state index contributed by atoms with van der Waals surface area (Å²) < 4.78 is 5.87. The molecule has 0 bridgehead atoms. The Morgan fingerprint density at radius 1 is 1.10 bits per heavy atom. The highest BCUT2D eigenvalue weighted by Gasteiger charge is 2.08. The number of rotatable bonds is 5. The van der Waals surface area contributed by atoms with E-state index in [1.165, 1.54) is 11.3 Å². The fourth-order valence-corrected chi connectivity index (χ4v) is 2.63. The molecule has 0 aliphatic carbocycles. The van der Waals surface area contributed by atoms with Gasteiger partial charge in [-0.25, -0.2) is 0 Å². The molecule has 3 aromatic rings. The smallest absolute Gasteiger partial charge is 0.299 e. The molecule has 0 aliphatic rings. The van der Waals surface area contributed by atoms with Crippen LogP contribution in [0.15, 0.2) is 42.5 Å². The van der Waals surface area contributed by atoms with Crippen LogP contribution in [-0.2, 0) is 6.54 Å². The Labute approximate surface area is 121 Å². The maximum Gasteiger partial charge on any atom is 0.299 e. The van der Waals surface area contributed by atoms with E-state index in [1.807, 2.05) is 30.3 Å². The van der Waals surface area contributed by atoms with Gasteiger partial charge >= 0.3 is 0 Å². The molecule has 1 aromatic heterocycles. The van der Waals surface area contributed by atoms with Crippen molar-refractivity contribution in [2.45, 2.75) is 13.5 Å². The van der Waals surface area contributed by atoms with Gasteiger partial charge in [0.25, 0.3) is 5.19 Å². The van der Waals surface area contributed by atoms with E-state index in [-0.39, 0.29) is 0 Å². The monoisotopic (exact) mass is 285 g/mol. The van der Waals surface area contributed by atoms with E-state index in [9.17, 15) is 0 Å². The third-order valence-electron chi connectivity index (χ3n) is 2.92. The Bertz CT molecular complexity index is 706. The predicted octanol–water partition coefficient (Wildman–Crippen LogP) is 3.59. The summed E-state index contributed by atoms with van der Waals surface area (Å²) in [7, 11) is 0. The van der Waals surface area contributed by atoms with Gasteiger partial charge in [-0.2, -0.15) is 0 Å². The van der Waals surface area contributed by atoms with Crippen molar-refractivity contribution in [1.82, 2.24) is 15.5 Å². The molecule has 0 saturated heterocycles. The number of ether oxygens (including phenoxy) is 1. The van der Waals surface area contributed by atoms with Gasteiger partial charge in [-0.05, 0) is 18.0 Å². The summed E-state index contributed by atoms with van der Waals surface area (Å²) in [5.74, 6) is 0.814. The highest BCUT2D eigenvalue weighted by atomic mass is 32.1. The van der Waals surface area contributed by atoms with E-state index < -0.39 is 0 Å². The number of aromatic nitrogens is 2. The second kappa shape index (κ2) is 5.98. The van der Waals surface area contributed by atoms with Crippen molar-refractivity contribution in [3.63, 3.8) is 0 Å². The number of hydrogen-bond donors (Lipinski definition) is 1. The van der Waals surface area contributed by atoms with Gasteiger partial charge in [0.2, 0.25) is 0 Å². The highest BCUT2D eigenvalue weighted by molar-refractivity contribution is 7.13. The van der Waals surface area contributed by atoms with Gasteiger partial charge in [-0.3, -0.25) is 0 Å². The van der Waals surface area contributed by atoms with Gasteiger partial charge in [0.15, 0.2) is 0 Å². The number of fused-ring (bicyclic) bond motifs is 1. The Morgan fingerprint density at radius 2 is 1.95 bits per heavy atom. The largest absolute Gasteiger partial charge is 0.429 e. The second-order valence-electron chi connectivity index (χ2n) is 4.32. The van der Waals surface area contributed by atoms with Crippen molar-refractivity contribution >= 4 is 22.1 Å². The molecule has 3 rings (SSSR count). The van der Waals surface area contributed by atoms with Gasteiger partial charge in [-0.1, -0.05) is 59.8 Å². The third kappa shape index (κ3) is 2.79. The molecule has 0 saturated carbocycles. The van der Waals surface area contributed by atoms with Crippen molar-refractivity contribution < 1.29 is 4.74 Å². The molecule has 0 unspecified atom stereocenters. The number of hydrogen-bond acceptors (Lipinski definition) is 5. The van der Waals surface area contributed by atoms with Crippen LogP contribution in [0.2, 0.25) is 0 Å². The van der Waals surface area contributed by atoms with Crippen LogP contribution < -0.4 is 10.1 Å². The molecular weight excluding hydrogens is 270 g/mol. The van der Waals surface area contributed by atoms with Crippen molar-refractivity contribution in [2.24, 2.45) is 0 Å². The maximum absolute atomic E-state index is 5.87. The van der Waals surface area contributed by atoms with E-state index in [2.05, 4.69) is 34.6 Å². The Kier molecular flexibility index (Phi) is 3.90. The van der Waals surface area contributed by atoms with Gasteiger partial charge in [0.1, 0.15) is 10.8 Å². The topological polar surface area (TPSA) is 47.0 Å². The Morgan fingerprint density at radius 3 is 2.85 bits per heavy atom.